The van der Waals surface area contributed by atoms with Crippen molar-refractivity contribution in [1.82, 2.24) is 0 Å². The van der Waals surface area contributed by atoms with Crippen molar-refractivity contribution < 1.29 is 0 Å². The second-order valence-electron chi connectivity index (χ2n) is 3.44. The van der Waals surface area contributed by atoms with Crippen molar-refractivity contribution in [2.75, 3.05) is 0 Å². The van der Waals surface area contributed by atoms with Gasteiger partial charge in [0.2, 0.25) is 0 Å². The molecule has 9 heavy (non-hydrogen) atoms. The van der Waals surface area contributed by atoms with Crippen LogP contribution < -0.4 is 11.5 Å². The molecule has 0 aromatic rings. The van der Waals surface area contributed by atoms with Crippen LogP contribution in [0.5, 0.6) is 0 Å². The maximum atomic E-state index is 5.69. The van der Waals surface area contributed by atoms with Crippen molar-refractivity contribution in [1.29, 1.82) is 0 Å². The second kappa shape index (κ2) is 3.81. The predicted molar refractivity (Wildman–Crippen MR) is 43.7 cm³/mol. The molecule has 0 amide bonds. The molecule has 0 aliphatic rings. The zero-order valence-corrected chi connectivity index (χ0v) is 6.15. The molecule has 0 heterocycles. The van der Waals surface area contributed by atoms with Crippen LogP contribution in [0.3, 0.4) is 0 Å². The molecule has 0 bridgehead atoms. The fourth-order valence-electron chi connectivity index (χ4n) is 0. The van der Waals surface area contributed by atoms with E-state index in [9.17, 15) is 0 Å². The van der Waals surface area contributed by atoms with Crippen LogP contribution in [0.1, 0.15) is 27.7 Å². The minimum atomic E-state index is -0.285. The molecular formula is C6H17KN2. The van der Waals surface area contributed by atoms with Gasteiger partial charge in [0.25, 0.3) is 0 Å². The number of nitrogens with two attached hydrogens (primary N) is 2. The summed E-state index contributed by atoms with van der Waals surface area (Å²) < 4.78 is 0. The first-order valence-electron chi connectivity index (χ1n) is 2.83. The van der Waals surface area contributed by atoms with Crippen LogP contribution in [0.2, 0.25) is 0 Å². The van der Waals surface area contributed by atoms with Gasteiger partial charge in [-0.3, -0.25) is 0 Å². The topological polar surface area (TPSA) is 52.0 Å². The molecular weight excluding hydrogens is 139 g/mol. The van der Waals surface area contributed by atoms with Gasteiger partial charge in [0.05, 0.1) is 0 Å². The third-order valence-electron chi connectivity index (χ3n) is 1.66. The van der Waals surface area contributed by atoms with Crippen molar-refractivity contribution >= 4 is 51.4 Å². The van der Waals surface area contributed by atoms with Crippen LogP contribution in [0.15, 0.2) is 0 Å². The van der Waals surface area contributed by atoms with E-state index in [1.807, 2.05) is 27.7 Å². The molecule has 0 atom stereocenters. The number of rotatable bonds is 1. The van der Waals surface area contributed by atoms with Crippen molar-refractivity contribution in [2.24, 2.45) is 11.5 Å². The summed E-state index contributed by atoms with van der Waals surface area (Å²) in [4.78, 5) is 0. The van der Waals surface area contributed by atoms with Gasteiger partial charge in [0.1, 0.15) is 0 Å². The molecule has 0 unspecified atom stereocenters. The monoisotopic (exact) mass is 156 g/mol. The first-order valence-corrected chi connectivity index (χ1v) is 2.83. The zero-order valence-electron chi connectivity index (χ0n) is 6.15. The summed E-state index contributed by atoms with van der Waals surface area (Å²) in [5.41, 5.74) is 10.8. The third kappa shape index (κ3) is 4.90. The minimum absolute atomic E-state index is 0. The summed E-state index contributed by atoms with van der Waals surface area (Å²) in [6, 6.07) is 0. The fraction of sp³-hybridized carbons (Fsp3) is 1.00. The quantitative estimate of drug-likeness (QED) is 0.517. The zero-order chi connectivity index (χ0) is 7.00. The van der Waals surface area contributed by atoms with Gasteiger partial charge in [-0.2, -0.15) is 0 Å². The molecule has 0 spiro atoms. The summed E-state index contributed by atoms with van der Waals surface area (Å²) in [7, 11) is 0. The van der Waals surface area contributed by atoms with E-state index in [2.05, 4.69) is 0 Å². The van der Waals surface area contributed by atoms with Gasteiger partial charge in [-0.25, -0.2) is 0 Å². The molecule has 0 saturated carbocycles. The van der Waals surface area contributed by atoms with E-state index < -0.39 is 0 Å². The fourth-order valence-corrected chi connectivity index (χ4v) is 0. The molecule has 3 heteroatoms. The molecule has 0 saturated heterocycles. The van der Waals surface area contributed by atoms with Crippen molar-refractivity contribution in [3.8, 4) is 0 Å². The summed E-state index contributed by atoms with van der Waals surface area (Å²) in [5, 5.41) is 0. The molecule has 0 aliphatic heterocycles. The Labute approximate surface area is 100 Å². The van der Waals surface area contributed by atoms with Crippen molar-refractivity contribution in [3.05, 3.63) is 0 Å². The van der Waals surface area contributed by atoms with Crippen LogP contribution in [-0.4, -0.2) is 62.5 Å². The molecule has 0 fully saturated rings. The first-order chi connectivity index (χ1) is 3.25. The van der Waals surface area contributed by atoms with Crippen molar-refractivity contribution in [2.45, 2.75) is 38.8 Å². The summed E-state index contributed by atoms with van der Waals surface area (Å²) >= 11 is 0. The first kappa shape index (κ1) is 13.2. The molecule has 0 aromatic carbocycles. The molecule has 0 radical (unpaired) electrons. The Kier molecular flexibility index (Phi) is 5.57. The molecule has 0 rings (SSSR count). The van der Waals surface area contributed by atoms with E-state index in [4.69, 9.17) is 11.5 Å². The van der Waals surface area contributed by atoms with Crippen LogP contribution in [-0.2, 0) is 0 Å². The van der Waals surface area contributed by atoms with E-state index >= 15 is 0 Å². The number of hydrogen-bond acceptors (Lipinski definition) is 2. The molecule has 4 N–H and O–H groups in total. The number of hydrogen-bond donors (Lipinski definition) is 2. The standard InChI is InChI=1S/C6H16N2.K.H/c1-5(2,7)6(3,4)8;;/h7-8H2,1-4H3;;. The normalized spacial score (nSPS) is 12.7. The van der Waals surface area contributed by atoms with Crippen LogP contribution >= 0.6 is 0 Å². The van der Waals surface area contributed by atoms with Gasteiger partial charge < -0.3 is 11.5 Å². The van der Waals surface area contributed by atoms with Crippen molar-refractivity contribution in [3.63, 3.8) is 0 Å². The Bertz CT molecular complexity index is 66.0. The van der Waals surface area contributed by atoms with Gasteiger partial charge in [0.15, 0.2) is 0 Å². The van der Waals surface area contributed by atoms with Gasteiger partial charge in [0, 0.05) is 11.1 Å². The summed E-state index contributed by atoms with van der Waals surface area (Å²) in [6.07, 6.45) is 0. The SMILES string of the molecule is CC(C)(N)C(C)(C)N.[KH]. The van der Waals surface area contributed by atoms with E-state index in [1.165, 1.54) is 0 Å². The Morgan fingerprint density at radius 2 is 0.889 bits per heavy atom. The van der Waals surface area contributed by atoms with E-state index in [0.717, 1.165) is 0 Å². The second-order valence-corrected chi connectivity index (χ2v) is 3.44. The van der Waals surface area contributed by atoms with Gasteiger partial charge >= 0.3 is 51.4 Å². The van der Waals surface area contributed by atoms with Crippen LogP contribution in [0.25, 0.3) is 0 Å². The Morgan fingerprint density at radius 3 is 0.889 bits per heavy atom. The van der Waals surface area contributed by atoms with Gasteiger partial charge in [-0.15, -0.1) is 0 Å². The Balaban J connectivity index is 0. The van der Waals surface area contributed by atoms with E-state index in [-0.39, 0.29) is 62.5 Å². The average Bonchev–Trinajstić information content (AvgIpc) is 1.25. The Hall–Kier alpha value is 1.56. The average molecular weight is 156 g/mol. The third-order valence-corrected chi connectivity index (χ3v) is 1.66. The van der Waals surface area contributed by atoms with E-state index in [0.29, 0.717) is 0 Å². The van der Waals surface area contributed by atoms with Gasteiger partial charge in [-0.05, 0) is 27.7 Å². The molecule has 0 aromatic heterocycles. The summed E-state index contributed by atoms with van der Waals surface area (Å²) in [6.45, 7) is 7.69. The Morgan fingerprint density at radius 1 is 0.778 bits per heavy atom. The van der Waals surface area contributed by atoms with Crippen LogP contribution in [0, 0.1) is 0 Å². The van der Waals surface area contributed by atoms with E-state index in [1.54, 1.807) is 0 Å². The maximum absolute atomic E-state index is 5.69. The molecule has 0 aliphatic carbocycles. The van der Waals surface area contributed by atoms with Crippen LogP contribution in [0.4, 0.5) is 0 Å². The predicted octanol–water partition coefficient (Wildman–Crippen LogP) is -0.187. The summed E-state index contributed by atoms with van der Waals surface area (Å²) in [5.74, 6) is 0. The van der Waals surface area contributed by atoms with Gasteiger partial charge in [-0.1, -0.05) is 0 Å². The molecule has 52 valence electrons. The molecule has 2 nitrogen and oxygen atoms in total.